The van der Waals surface area contributed by atoms with Crippen LogP contribution in [0.4, 0.5) is 28.8 Å². The molecule has 2 aliphatic heterocycles. The molecule has 0 atom stereocenters. The molecule has 1 saturated carbocycles. The topological polar surface area (TPSA) is 112 Å². The van der Waals surface area contributed by atoms with Gasteiger partial charge in [0, 0.05) is 36.9 Å². The van der Waals surface area contributed by atoms with Crippen LogP contribution in [0.15, 0.2) is 53.6 Å². The Morgan fingerprint density at radius 1 is 0.932 bits per heavy atom. The molecule has 1 aromatic heterocycles. The Bertz CT molecular complexity index is 1540. The van der Waals surface area contributed by atoms with Crippen molar-refractivity contribution in [1.29, 1.82) is 0 Å². The number of sulfonamides is 1. The molecule has 3 aliphatic rings. The van der Waals surface area contributed by atoms with Crippen molar-refractivity contribution < 1.29 is 13.2 Å². The number of hydrogen-bond donors (Lipinski definition) is 3. The fraction of sp³-hybridized carbons (Fsp3) is 0.500. The largest absolute Gasteiger partial charge is 0.492 e. The number of nitrogens with zero attached hydrogens (tertiary/aromatic N) is 4. The minimum absolute atomic E-state index is 0.0243. The Balaban J connectivity index is 1.16. The number of hydrogen-bond acceptors (Lipinski definition) is 9. The van der Waals surface area contributed by atoms with Crippen molar-refractivity contribution in [3.8, 4) is 5.75 Å². The molecular weight excluding hydrogens is 598 g/mol. The molecule has 2 saturated heterocycles. The number of ether oxygens (including phenoxy) is 1. The highest BCUT2D eigenvalue weighted by molar-refractivity contribution is 7.89. The Morgan fingerprint density at radius 2 is 1.70 bits per heavy atom. The van der Waals surface area contributed by atoms with E-state index in [1.165, 1.54) is 51.4 Å². The Morgan fingerprint density at radius 3 is 2.43 bits per heavy atom. The van der Waals surface area contributed by atoms with Gasteiger partial charge in [-0.05, 0) is 82.8 Å². The second-order valence-corrected chi connectivity index (χ2v) is 13.9. The third-order valence-electron chi connectivity index (χ3n) is 8.85. The first-order chi connectivity index (χ1) is 21.4. The van der Waals surface area contributed by atoms with Crippen LogP contribution < -0.4 is 25.0 Å². The average molecular weight is 640 g/mol. The number of halogens is 1. The molecular formula is C32H42ClN7O3S. The smallest absolute Gasteiger partial charge is 0.242 e. The van der Waals surface area contributed by atoms with Gasteiger partial charge in [-0.15, -0.1) is 0 Å². The highest BCUT2D eigenvalue weighted by Gasteiger charge is 2.28. The van der Waals surface area contributed by atoms with Crippen LogP contribution in [-0.2, 0) is 10.0 Å². The summed E-state index contributed by atoms with van der Waals surface area (Å²) in [7, 11) is -3.71. The van der Waals surface area contributed by atoms with Gasteiger partial charge in [0.2, 0.25) is 16.0 Å². The summed E-state index contributed by atoms with van der Waals surface area (Å²) in [5, 5.41) is 6.66. The third kappa shape index (κ3) is 7.22. The van der Waals surface area contributed by atoms with E-state index in [-0.39, 0.29) is 16.0 Å². The van der Waals surface area contributed by atoms with Crippen molar-refractivity contribution >= 4 is 50.5 Å². The fourth-order valence-corrected chi connectivity index (χ4v) is 7.84. The van der Waals surface area contributed by atoms with Crippen molar-refractivity contribution in [3.63, 3.8) is 0 Å². The van der Waals surface area contributed by atoms with Crippen LogP contribution in [0.25, 0.3) is 0 Å². The van der Waals surface area contributed by atoms with Gasteiger partial charge in [-0.2, -0.15) is 4.98 Å². The fourth-order valence-electron chi connectivity index (χ4n) is 6.23. The van der Waals surface area contributed by atoms with Crippen molar-refractivity contribution in [2.45, 2.75) is 75.3 Å². The van der Waals surface area contributed by atoms with Gasteiger partial charge < -0.3 is 25.2 Å². The maximum atomic E-state index is 13.1. The molecule has 0 bridgehead atoms. The minimum Gasteiger partial charge on any atom is -0.492 e. The van der Waals surface area contributed by atoms with Gasteiger partial charge in [0.1, 0.15) is 15.7 Å². The number of rotatable bonds is 11. The molecule has 44 heavy (non-hydrogen) atoms. The zero-order chi connectivity index (χ0) is 30.5. The zero-order valence-electron chi connectivity index (χ0n) is 25.3. The number of para-hydroxylation sites is 1. The molecule has 0 unspecified atom stereocenters. The van der Waals surface area contributed by atoms with E-state index in [0.717, 1.165) is 49.5 Å². The van der Waals surface area contributed by atoms with Gasteiger partial charge in [0.15, 0.2) is 5.82 Å². The summed E-state index contributed by atoms with van der Waals surface area (Å²) in [5.74, 6) is 1.32. The van der Waals surface area contributed by atoms with E-state index in [9.17, 15) is 8.42 Å². The Kier molecular flexibility index (Phi) is 9.75. The quantitative estimate of drug-likeness (QED) is 0.222. The molecule has 3 heterocycles. The van der Waals surface area contributed by atoms with Gasteiger partial charge in [-0.1, -0.05) is 36.6 Å². The van der Waals surface area contributed by atoms with E-state index in [2.05, 4.69) is 47.3 Å². The van der Waals surface area contributed by atoms with Gasteiger partial charge >= 0.3 is 0 Å². The highest BCUT2D eigenvalue weighted by atomic mass is 35.5. The molecule has 6 rings (SSSR count). The summed E-state index contributed by atoms with van der Waals surface area (Å²) in [6, 6.07) is 13.6. The third-order valence-corrected chi connectivity index (χ3v) is 10.7. The Labute approximate surface area is 265 Å². The monoisotopic (exact) mass is 639 g/mol. The van der Waals surface area contributed by atoms with E-state index in [1.807, 2.05) is 13.0 Å². The summed E-state index contributed by atoms with van der Waals surface area (Å²) in [6.07, 6.45) is 10.6. The predicted molar refractivity (Wildman–Crippen MR) is 176 cm³/mol. The van der Waals surface area contributed by atoms with E-state index in [0.29, 0.717) is 30.1 Å². The first kappa shape index (κ1) is 30.9. The van der Waals surface area contributed by atoms with Crippen molar-refractivity contribution in [2.75, 3.05) is 48.3 Å². The summed E-state index contributed by atoms with van der Waals surface area (Å²) < 4.78 is 35.1. The molecule has 10 nitrogen and oxygen atoms in total. The average Bonchev–Trinajstić information content (AvgIpc) is 3.02. The SMILES string of the molecule is CCOc1cc(N2CCC(N3CCCCC3)CC2)ccc1Nc1ncc(Cl)c(Nc2ccccc2S(=O)(=O)NC2CCC2)n1. The maximum absolute atomic E-state index is 13.1. The van der Waals surface area contributed by atoms with Crippen LogP contribution in [0.2, 0.25) is 5.02 Å². The number of likely N-dealkylation sites (tertiary alicyclic amines) is 1. The van der Waals surface area contributed by atoms with Crippen LogP contribution in [0.5, 0.6) is 5.75 Å². The van der Waals surface area contributed by atoms with Crippen LogP contribution >= 0.6 is 11.6 Å². The van der Waals surface area contributed by atoms with E-state index >= 15 is 0 Å². The lowest BCUT2D eigenvalue weighted by Crippen LogP contribution is -2.46. The molecule has 12 heteroatoms. The summed E-state index contributed by atoms with van der Waals surface area (Å²) >= 11 is 6.47. The van der Waals surface area contributed by atoms with E-state index in [4.69, 9.17) is 16.3 Å². The lowest BCUT2D eigenvalue weighted by molar-refractivity contribution is 0.141. The van der Waals surface area contributed by atoms with Crippen LogP contribution in [-0.4, -0.2) is 68.2 Å². The molecule has 3 N–H and O–H groups in total. The van der Waals surface area contributed by atoms with Gasteiger partial charge in [0.25, 0.3) is 0 Å². The Hall–Kier alpha value is -3.12. The van der Waals surface area contributed by atoms with Gasteiger partial charge in [-0.25, -0.2) is 18.1 Å². The molecule has 0 amide bonds. The van der Waals surface area contributed by atoms with Crippen molar-refractivity contribution in [2.24, 2.45) is 0 Å². The minimum atomic E-state index is -3.71. The number of aromatic nitrogens is 2. The molecule has 0 radical (unpaired) electrons. The molecule has 0 spiro atoms. The number of anilines is 5. The molecule has 3 fully saturated rings. The second-order valence-electron chi connectivity index (χ2n) is 11.8. The normalized spacial score (nSPS) is 18.5. The standard InChI is InChI=1S/C32H42ClN7O3S/c1-2-43-29-21-25(40-19-15-24(16-20-40)39-17-6-3-7-18-39)13-14-27(29)36-32-34-22-26(33)31(37-32)35-28-11-4-5-12-30(28)44(41,42)38-23-9-8-10-23/h4-5,11-14,21-24,38H,2-3,6-10,15-20H2,1H3,(H2,34,35,36,37). The second kappa shape index (κ2) is 13.9. The molecule has 3 aromatic rings. The first-order valence-corrected chi connectivity index (χ1v) is 17.7. The van der Waals surface area contributed by atoms with Crippen LogP contribution in [0.1, 0.15) is 58.3 Å². The predicted octanol–water partition coefficient (Wildman–Crippen LogP) is 6.30. The summed E-state index contributed by atoms with van der Waals surface area (Å²) in [4.78, 5) is 14.2. The molecule has 236 valence electrons. The zero-order valence-corrected chi connectivity index (χ0v) is 26.8. The first-order valence-electron chi connectivity index (χ1n) is 15.8. The lowest BCUT2D eigenvalue weighted by atomic mass is 9.94. The number of nitrogens with one attached hydrogen (secondary N) is 3. The van der Waals surface area contributed by atoms with Gasteiger partial charge in [0.05, 0.1) is 24.2 Å². The lowest BCUT2D eigenvalue weighted by Gasteiger charge is -2.41. The summed E-state index contributed by atoms with van der Waals surface area (Å²) in [5.41, 5.74) is 2.26. The highest BCUT2D eigenvalue weighted by Crippen LogP contribution is 2.35. The van der Waals surface area contributed by atoms with E-state index in [1.54, 1.807) is 24.3 Å². The number of benzene rings is 2. The van der Waals surface area contributed by atoms with Crippen LogP contribution in [0, 0.1) is 0 Å². The maximum Gasteiger partial charge on any atom is 0.242 e. The molecule has 2 aromatic carbocycles. The molecule has 1 aliphatic carbocycles. The van der Waals surface area contributed by atoms with Crippen molar-refractivity contribution in [3.05, 3.63) is 53.7 Å². The number of piperidine rings is 2. The van der Waals surface area contributed by atoms with Crippen LogP contribution in [0.3, 0.4) is 0 Å². The van der Waals surface area contributed by atoms with Crippen molar-refractivity contribution in [1.82, 2.24) is 19.6 Å². The summed E-state index contributed by atoms with van der Waals surface area (Å²) in [6.45, 7) is 7.03. The van der Waals surface area contributed by atoms with Gasteiger partial charge in [-0.3, -0.25) is 0 Å². The van der Waals surface area contributed by atoms with E-state index < -0.39 is 10.0 Å².